The summed E-state index contributed by atoms with van der Waals surface area (Å²) in [6.07, 6.45) is -7.63. The molecule has 0 aliphatic carbocycles. The zero-order valence-electron chi connectivity index (χ0n) is 68.5. The zero-order valence-corrected chi connectivity index (χ0v) is 42.2. The van der Waals surface area contributed by atoms with Gasteiger partial charge in [0.05, 0.1) is 94.7 Å². The van der Waals surface area contributed by atoms with Crippen LogP contribution in [0, 0.1) is 5.92 Å². The number of benzene rings is 4. The maximum Gasteiger partial charge on any atom is 0.349 e. The molecule has 2 heterocycles. The van der Waals surface area contributed by atoms with Gasteiger partial charge in [0.25, 0.3) is 11.8 Å². The normalized spacial score (nSPS) is 21.5. The topological polar surface area (TPSA) is 337 Å². The Kier molecular flexibility index (Phi) is 12.0. The molecule has 0 spiro atoms. The van der Waals surface area contributed by atoms with Crippen LogP contribution >= 0.6 is 0 Å². The first kappa shape index (κ1) is 32.6. The van der Waals surface area contributed by atoms with Crippen LogP contribution in [-0.4, -0.2) is 131 Å². The van der Waals surface area contributed by atoms with Crippen molar-refractivity contribution in [3.05, 3.63) is 106 Å². The highest BCUT2D eigenvalue weighted by atomic mass is 32.2. The summed E-state index contributed by atoms with van der Waals surface area (Å²) in [4.78, 5) is 93.4. The lowest BCUT2D eigenvalue weighted by molar-refractivity contribution is -0.142. The molecule has 5 amide bonds. The number of ether oxygens (including phenoxy) is 5. The molecule has 0 bridgehead atoms. The van der Waals surface area contributed by atoms with Crippen LogP contribution in [0.1, 0.15) is 158 Å². The summed E-state index contributed by atoms with van der Waals surface area (Å²) in [7, 11) is -18.3. The Balaban J connectivity index is 0.000000414. The van der Waals surface area contributed by atoms with Crippen molar-refractivity contribution in [2.24, 2.45) is 11.7 Å². The molecule has 6 N–H and O–H groups in total. The fourth-order valence-corrected chi connectivity index (χ4v) is 7.35. The Labute approximate surface area is 486 Å². The van der Waals surface area contributed by atoms with Crippen molar-refractivity contribution in [1.82, 2.24) is 10.2 Å². The van der Waals surface area contributed by atoms with Crippen LogP contribution in [0.4, 0.5) is 11.4 Å². The number of carboxylic acids is 1. The number of rotatable bonds is 19. The van der Waals surface area contributed by atoms with Gasteiger partial charge in [-0.15, -0.1) is 0 Å². The lowest BCUT2D eigenvalue weighted by Crippen LogP contribution is -2.40. The minimum atomic E-state index is -6.19. The predicted octanol–water partition coefficient (Wildman–Crippen LogP) is 5.15. The molecular formula is C52H65N5O18S2. The molecule has 0 aromatic heterocycles. The van der Waals surface area contributed by atoms with Gasteiger partial charge in [-0.2, -0.15) is 0 Å². The van der Waals surface area contributed by atoms with Gasteiger partial charge in [0.15, 0.2) is 23.0 Å². The summed E-state index contributed by atoms with van der Waals surface area (Å²) in [6, 6.07) is 3.26. The third-order valence-electron chi connectivity index (χ3n) is 9.31. The van der Waals surface area contributed by atoms with Crippen molar-refractivity contribution in [2.75, 3.05) is 61.6 Å². The first-order chi connectivity index (χ1) is 46.8. The molecule has 25 heteroatoms. The molecule has 6 rings (SSSR count). The van der Waals surface area contributed by atoms with E-state index in [1.54, 1.807) is 12.1 Å². The highest BCUT2D eigenvalue weighted by Crippen LogP contribution is 2.39. The van der Waals surface area contributed by atoms with E-state index in [0.29, 0.717) is 42.4 Å². The number of methoxy groups -OCH3 is 2. The van der Waals surface area contributed by atoms with Gasteiger partial charge in [-0.3, -0.25) is 28.9 Å². The Morgan fingerprint density at radius 3 is 1.71 bits per heavy atom. The molecular weight excluding hydrogens is 1050 g/mol. The van der Waals surface area contributed by atoms with E-state index in [0.717, 1.165) is 25.1 Å². The molecule has 0 saturated carbocycles. The molecule has 0 saturated heterocycles. The summed E-state index contributed by atoms with van der Waals surface area (Å²) in [5, 5.41) is 15.7. The van der Waals surface area contributed by atoms with Crippen LogP contribution in [0.25, 0.3) is 0 Å². The average molecular weight is 1140 g/mol. The summed E-state index contributed by atoms with van der Waals surface area (Å²) in [5.41, 5.74) is -5.69. The van der Waals surface area contributed by atoms with E-state index in [2.05, 4.69) is 25.4 Å². The first-order valence-corrected chi connectivity index (χ1v) is 24.1. The second-order valence-corrected chi connectivity index (χ2v) is 18.0. The number of carboxylic acid groups (broad SMARTS) is 1. The van der Waals surface area contributed by atoms with Gasteiger partial charge in [0.2, 0.25) is 17.7 Å². The van der Waals surface area contributed by atoms with Gasteiger partial charge < -0.3 is 50.5 Å². The molecule has 4 aromatic carbocycles. The number of carbonyl (C=O) groups excluding carboxylic acids is 7. The van der Waals surface area contributed by atoms with E-state index >= 15 is 0 Å². The first-order valence-electron chi connectivity index (χ1n) is 35.1. The Morgan fingerprint density at radius 2 is 1.22 bits per heavy atom. The molecule has 77 heavy (non-hydrogen) atoms. The van der Waals surface area contributed by atoms with Crippen molar-refractivity contribution < 1.29 is 122 Å². The van der Waals surface area contributed by atoms with Gasteiger partial charge in [0, 0.05) is 61.1 Å². The second-order valence-electron chi connectivity index (χ2n) is 15.6. The van der Waals surface area contributed by atoms with E-state index in [1.807, 2.05) is 13.8 Å². The van der Waals surface area contributed by atoms with E-state index in [-0.39, 0.29) is 39.4 Å². The summed E-state index contributed by atoms with van der Waals surface area (Å²) < 4.78 is 285. The number of anilines is 2. The number of amides is 5. The van der Waals surface area contributed by atoms with Crippen LogP contribution in [0.5, 0.6) is 23.0 Å². The van der Waals surface area contributed by atoms with Crippen LogP contribution < -0.4 is 40.6 Å². The van der Waals surface area contributed by atoms with Crippen molar-refractivity contribution in [1.29, 1.82) is 0 Å². The van der Waals surface area contributed by atoms with E-state index in [1.165, 1.54) is 26.0 Å². The molecule has 418 valence electrons. The standard InChI is InChI=1S/C22H24N2O7S.C12H19NO4S.C10H7NO4.C8H15NO3/c1-5-31-19-11-14(9-10-18(19)30-3)17(12-32(4,28)29)24-21(26)15-7-6-8-16(23-13(2)25)20(15)22(24)27;1-4-17-12-7-9(5-6-11(12)16-2)10(13)8-18(3,14)15;1-5(12)11-7-4-2-3-6-8(7)10(14)15-9(6)13;1-5(2)4-7(8(11)12)9-6(3)10/h6-11,17H,5,12H2,1-4H3,(H,23,25);5-7,10H,4,8,13H2,1-3H3;2-4H,1H3,(H,11,12);5,7H,4H2,1-3H3,(H,9,10)(H,11,12)/t17-;10-;;7-/m11.0/s1/i1D3,3D3,4D3,5D2,12D2,17D;1D3,2D3,3D3,4D2,8D2,10D;;. The van der Waals surface area contributed by atoms with Crippen molar-refractivity contribution >= 4 is 78.5 Å². The Bertz CT molecular complexity index is 4260. The number of esters is 2. The van der Waals surface area contributed by atoms with Crippen LogP contribution in [0.3, 0.4) is 0 Å². The maximum absolute atomic E-state index is 13.8. The van der Waals surface area contributed by atoms with Gasteiger partial charge >= 0.3 is 17.9 Å². The minimum Gasteiger partial charge on any atom is -0.493 e. The number of carbonyl (C=O) groups is 8. The number of sulfone groups is 2. The third-order valence-corrected chi connectivity index (χ3v) is 10.3. The molecule has 3 atom stereocenters. The summed E-state index contributed by atoms with van der Waals surface area (Å²) in [5.74, 6) is -10.4. The largest absolute Gasteiger partial charge is 0.493 e. The number of hydrogen-bond donors (Lipinski definition) is 5. The van der Waals surface area contributed by atoms with E-state index in [9.17, 15) is 56.6 Å². The Hall–Kier alpha value is -7.90. The number of hydrogen-bond acceptors (Lipinski definition) is 18. The zero-order chi connectivity index (χ0) is 82.1. The van der Waals surface area contributed by atoms with Crippen molar-refractivity contribution in [3.8, 4) is 23.0 Å². The smallest absolute Gasteiger partial charge is 0.349 e. The van der Waals surface area contributed by atoms with E-state index in [4.69, 9.17) is 62.1 Å². The SMILES string of the molecule is CC(=O)N[C@@H](CC(C)C)C(=O)O.CC(=O)Nc1cccc2c1C(=O)OC2=O.[2H]C([2H])([2H])Oc1ccc([C@]([2H])(N)C([2H])([2H])S(=O)(=O)C([2H])([2H])[2H])cc1OC([2H])([2H])C([2H])([2H])[2H].[2H]C([2H])([2H])Oc1ccc([C@]([2H])(N2C(=O)c3cccc(NC(C)=O)c3C2=O)C([2H])([2H])S(=O)(=O)C([2H])([2H])[2H])cc1OC([2H])([2H])C([2H])([2H])[2H]. The third kappa shape index (κ3) is 18.7. The molecule has 2 aliphatic rings. The molecule has 4 aromatic rings. The second kappa shape index (κ2) is 28.3. The van der Waals surface area contributed by atoms with Gasteiger partial charge in [0.1, 0.15) is 25.7 Å². The van der Waals surface area contributed by atoms with E-state index < -0.39 is 183 Å². The predicted molar refractivity (Wildman–Crippen MR) is 284 cm³/mol. The molecule has 23 nitrogen and oxygen atoms in total. The fourth-order valence-electron chi connectivity index (χ4n) is 6.48. The minimum absolute atomic E-state index is 0.123. The number of cyclic esters (lactones) is 2. The monoisotopic (exact) mass is 1140 g/mol. The average Bonchev–Trinajstić information content (AvgIpc) is 1.67. The summed E-state index contributed by atoms with van der Waals surface area (Å²) in [6.45, 7) is -6.55. The molecule has 0 fully saturated rings. The number of fused-ring (bicyclic) bond motifs is 2. The van der Waals surface area contributed by atoms with Crippen molar-refractivity contribution in [2.45, 2.75) is 72.8 Å². The number of nitrogens with two attached hydrogens (primary N) is 1. The number of aliphatic carboxylic acids is 1. The molecule has 2 aliphatic heterocycles. The maximum atomic E-state index is 13.8. The van der Waals surface area contributed by atoms with Gasteiger partial charge in [-0.25, -0.2) is 31.2 Å². The number of imide groups is 1. The number of nitrogens with zero attached hydrogens (tertiary/aromatic N) is 1. The number of nitrogens with one attached hydrogen (secondary N) is 3. The van der Waals surface area contributed by atoms with Gasteiger partial charge in [-0.1, -0.05) is 38.1 Å². The highest BCUT2D eigenvalue weighted by Gasteiger charge is 2.43. The lowest BCUT2D eigenvalue weighted by atomic mass is 10.0. The quantitative estimate of drug-likeness (QED) is 0.0460. The molecule has 0 radical (unpaired) electrons. The van der Waals surface area contributed by atoms with Crippen LogP contribution in [-0.2, 0) is 43.6 Å². The highest BCUT2D eigenvalue weighted by molar-refractivity contribution is 7.90. The van der Waals surface area contributed by atoms with Crippen molar-refractivity contribution in [3.63, 3.8) is 0 Å². The lowest BCUT2D eigenvalue weighted by Gasteiger charge is -2.27. The Morgan fingerprint density at radius 1 is 0.701 bits per heavy atom. The van der Waals surface area contributed by atoms with Gasteiger partial charge in [-0.05, 0) is 85.7 Å². The van der Waals surface area contributed by atoms with Crippen LogP contribution in [0.15, 0.2) is 72.8 Å². The summed E-state index contributed by atoms with van der Waals surface area (Å²) >= 11 is 0. The van der Waals surface area contributed by atoms with Crippen LogP contribution in [0.2, 0.25) is 0 Å². The fraction of sp³-hybridized carbons (Fsp3) is 0.385. The molecule has 0 unspecified atom stereocenters.